The summed E-state index contributed by atoms with van der Waals surface area (Å²) in [5.74, 6) is -0.887. The van der Waals surface area contributed by atoms with Crippen molar-refractivity contribution in [3.63, 3.8) is 0 Å². The molecule has 0 unspecified atom stereocenters. The molecule has 0 saturated heterocycles. The molecule has 0 saturated carbocycles. The highest BCUT2D eigenvalue weighted by Crippen LogP contribution is 2.23. The van der Waals surface area contributed by atoms with Crippen LogP contribution in [0.15, 0.2) is 53.4 Å². The van der Waals surface area contributed by atoms with Gasteiger partial charge in [0.1, 0.15) is 0 Å². The van der Waals surface area contributed by atoms with Gasteiger partial charge in [0, 0.05) is 17.1 Å². The van der Waals surface area contributed by atoms with Crippen molar-refractivity contribution in [2.75, 3.05) is 24.3 Å². The summed E-state index contributed by atoms with van der Waals surface area (Å²) in [6.45, 7) is 2.02. The largest absolute Gasteiger partial charge is 0.452 e. The van der Waals surface area contributed by atoms with Crippen LogP contribution in [0.5, 0.6) is 0 Å². The molecule has 24 heavy (non-hydrogen) atoms. The van der Waals surface area contributed by atoms with Crippen LogP contribution in [0, 0.1) is 0 Å². The van der Waals surface area contributed by atoms with Gasteiger partial charge in [0.2, 0.25) is 0 Å². The van der Waals surface area contributed by atoms with Gasteiger partial charge < -0.3 is 9.64 Å². The number of thioether (sulfide) groups is 1. The predicted molar refractivity (Wildman–Crippen MR) is 98.0 cm³/mol. The quantitative estimate of drug-likeness (QED) is 0.568. The number of esters is 1. The third-order valence-corrected chi connectivity index (χ3v) is 4.46. The SMILES string of the molecule is CCN(C(=O)COC(=O)c1cc(SC)ccc1Cl)c1ccccc1. The van der Waals surface area contributed by atoms with Crippen LogP contribution in [0.2, 0.25) is 5.02 Å². The van der Waals surface area contributed by atoms with Gasteiger partial charge in [-0.25, -0.2) is 4.79 Å². The third-order valence-electron chi connectivity index (χ3n) is 3.41. The van der Waals surface area contributed by atoms with Crippen molar-refractivity contribution in [2.45, 2.75) is 11.8 Å². The van der Waals surface area contributed by atoms with E-state index in [1.807, 2.05) is 49.6 Å². The normalized spacial score (nSPS) is 10.3. The number of carbonyl (C=O) groups is 2. The summed E-state index contributed by atoms with van der Waals surface area (Å²) >= 11 is 7.54. The molecule has 1 amide bonds. The zero-order chi connectivity index (χ0) is 17.5. The van der Waals surface area contributed by atoms with E-state index in [1.54, 1.807) is 17.0 Å². The number of anilines is 1. The number of hydrogen-bond acceptors (Lipinski definition) is 4. The van der Waals surface area contributed by atoms with Crippen LogP contribution in [0.1, 0.15) is 17.3 Å². The highest BCUT2D eigenvalue weighted by atomic mass is 35.5. The van der Waals surface area contributed by atoms with Crippen LogP contribution >= 0.6 is 23.4 Å². The summed E-state index contributed by atoms with van der Waals surface area (Å²) in [6, 6.07) is 14.4. The van der Waals surface area contributed by atoms with E-state index in [0.29, 0.717) is 11.6 Å². The molecule has 0 aliphatic carbocycles. The average Bonchev–Trinajstić information content (AvgIpc) is 2.61. The molecule has 2 rings (SSSR count). The molecule has 2 aromatic rings. The second-order valence-corrected chi connectivity index (χ2v) is 6.18. The molecule has 0 fully saturated rings. The second kappa shape index (κ2) is 8.76. The highest BCUT2D eigenvalue weighted by molar-refractivity contribution is 7.98. The van der Waals surface area contributed by atoms with E-state index in [0.717, 1.165) is 10.6 Å². The molecule has 0 heterocycles. The molecule has 0 bridgehead atoms. The summed E-state index contributed by atoms with van der Waals surface area (Å²) in [5, 5.41) is 0.306. The summed E-state index contributed by atoms with van der Waals surface area (Å²) in [7, 11) is 0. The van der Waals surface area contributed by atoms with Crippen LogP contribution in [-0.2, 0) is 9.53 Å². The lowest BCUT2D eigenvalue weighted by Gasteiger charge is -2.20. The smallest absolute Gasteiger partial charge is 0.340 e. The molecular formula is C18H18ClNO3S. The lowest BCUT2D eigenvalue weighted by atomic mass is 10.2. The summed E-state index contributed by atoms with van der Waals surface area (Å²) in [5.41, 5.74) is 1.03. The molecule has 0 radical (unpaired) electrons. The standard InChI is InChI=1S/C18H18ClNO3S/c1-3-20(13-7-5-4-6-8-13)17(21)12-23-18(22)15-11-14(24-2)9-10-16(15)19/h4-11H,3,12H2,1-2H3. The van der Waals surface area contributed by atoms with Crippen molar-refractivity contribution in [3.05, 3.63) is 59.1 Å². The molecule has 126 valence electrons. The van der Waals surface area contributed by atoms with Gasteiger partial charge >= 0.3 is 5.97 Å². The molecule has 0 aromatic heterocycles. The fraction of sp³-hybridized carbons (Fsp3) is 0.222. The maximum absolute atomic E-state index is 12.3. The zero-order valence-electron chi connectivity index (χ0n) is 13.5. The summed E-state index contributed by atoms with van der Waals surface area (Å²) in [4.78, 5) is 27.0. The van der Waals surface area contributed by atoms with E-state index in [9.17, 15) is 9.59 Å². The maximum Gasteiger partial charge on any atom is 0.340 e. The minimum atomic E-state index is -0.603. The molecule has 2 aromatic carbocycles. The lowest BCUT2D eigenvalue weighted by molar-refractivity contribution is -0.121. The van der Waals surface area contributed by atoms with Crippen molar-refractivity contribution in [1.29, 1.82) is 0 Å². The number of halogens is 1. The Hall–Kier alpha value is -1.98. The molecule has 0 spiro atoms. The number of ether oxygens (including phenoxy) is 1. The Kier molecular flexibility index (Phi) is 6.70. The van der Waals surface area contributed by atoms with Crippen molar-refractivity contribution in [3.8, 4) is 0 Å². The first-order chi connectivity index (χ1) is 11.6. The van der Waals surface area contributed by atoms with Crippen molar-refractivity contribution < 1.29 is 14.3 Å². The molecule has 0 aliphatic heterocycles. The second-order valence-electron chi connectivity index (χ2n) is 4.90. The Labute approximate surface area is 150 Å². The fourth-order valence-electron chi connectivity index (χ4n) is 2.18. The van der Waals surface area contributed by atoms with Crippen molar-refractivity contribution in [1.82, 2.24) is 0 Å². The molecule has 0 atom stereocenters. The Balaban J connectivity index is 2.04. The third kappa shape index (κ3) is 4.52. The maximum atomic E-state index is 12.3. The minimum Gasteiger partial charge on any atom is -0.452 e. The average molecular weight is 364 g/mol. The Morgan fingerprint density at radius 3 is 2.50 bits per heavy atom. The zero-order valence-corrected chi connectivity index (χ0v) is 15.1. The fourth-order valence-corrected chi connectivity index (χ4v) is 2.82. The van der Waals surface area contributed by atoms with Gasteiger partial charge in [0.25, 0.3) is 5.91 Å². The molecule has 6 heteroatoms. The number of amides is 1. The van der Waals surface area contributed by atoms with Crippen LogP contribution in [0.3, 0.4) is 0 Å². The van der Waals surface area contributed by atoms with Gasteiger partial charge in [-0.05, 0) is 43.5 Å². The number of rotatable bonds is 6. The van der Waals surface area contributed by atoms with Crippen LogP contribution in [0.25, 0.3) is 0 Å². The Morgan fingerprint density at radius 1 is 1.17 bits per heavy atom. The summed E-state index contributed by atoms with van der Waals surface area (Å²) in [6.07, 6.45) is 1.90. The van der Waals surface area contributed by atoms with Crippen LogP contribution in [0.4, 0.5) is 5.69 Å². The number of likely N-dealkylation sites (N-methyl/N-ethyl adjacent to an activating group) is 1. The van der Waals surface area contributed by atoms with E-state index in [1.165, 1.54) is 11.8 Å². The van der Waals surface area contributed by atoms with Gasteiger partial charge in [-0.1, -0.05) is 29.8 Å². The van der Waals surface area contributed by atoms with Gasteiger partial charge in [0.05, 0.1) is 10.6 Å². The first kappa shape index (κ1) is 18.4. The Morgan fingerprint density at radius 2 is 1.88 bits per heavy atom. The van der Waals surface area contributed by atoms with E-state index in [2.05, 4.69) is 0 Å². The van der Waals surface area contributed by atoms with Crippen molar-refractivity contribution in [2.24, 2.45) is 0 Å². The first-order valence-electron chi connectivity index (χ1n) is 7.43. The number of para-hydroxylation sites is 1. The lowest BCUT2D eigenvalue weighted by Crippen LogP contribution is -2.34. The van der Waals surface area contributed by atoms with Crippen molar-refractivity contribution >= 4 is 40.9 Å². The number of hydrogen-bond donors (Lipinski definition) is 0. The highest BCUT2D eigenvalue weighted by Gasteiger charge is 2.18. The van der Waals surface area contributed by atoms with Gasteiger partial charge in [-0.15, -0.1) is 11.8 Å². The molecule has 0 N–H and O–H groups in total. The topological polar surface area (TPSA) is 46.6 Å². The van der Waals surface area contributed by atoms with Crippen LogP contribution in [-0.4, -0.2) is 31.3 Å². The van der Waals surface area contributed by atoms with E-state index in [-0.39, 0.29) is 18.1 Å². The van der Waals surface area contributed by atoms with Gasteiger partial charge in [-0.3, -0.25) is 4.79 Å². The number of carbonyl (C=O) groups excluding carboxylic acids is 2. The van der Waals surface area contributed by atoms with E-state index in [4.69, 9.17) is 16.3 Å². The minimum absolute atomic E-state index is 0.263. The number of nitrogens with zero attached hydrogens (tertiary/aromatic N) is 1. The molecule has 4 nitrogen and oxygen atoms in total. The molecular weight excluding hydrogens is 346 g/mol. The number of benzene rings is 2. The Bertz CT molecular complexity index is 721. The first-order valence-corrected chi connectivity index (χ1v) is 9.03. The summed E-state index contributed by atoms with van der Waals surface area (Å²) < 4.78 is 5.15. The van der Waals surface area contributed by atoms with E-state index >= 15 is 0 Å². The molecule has 0 aliphatic rings. The predicted octanol–water partition coefficient (Wildman–Crippen LogP) is 4.27. The van der Waals surface area contributed by atoms with Gasteiger partial charge in [0.15, 0.2) is 6.61 Å². The van der Waals surface area contributed by atoms with Crippen LogP contribution < -0.4 is 4.90 Å². The van der Waals surface area contributed by atoms with Gasteiger partial charge in [-0.2, -0.15) is 0 Å². The monoisotopic (exact) mass is 363 g/mol. The van der Waals surface area contributed by atoms with E-state index < -0.39 is 5.97 Å².